The van der Waals surface area contributed by atoms with Crippen molar-refractivity contribution in [2.45, 2.75) is 11.3 Å². The number of rotatable bonds is 8. The van der Waals surface area contributed by atoms with Gasteiger partial charge in [0.2, 0.25) is 10.0 Å². The first-order valence-corrected chi connectivity index (χ1v) is 9.43. The van der Waals surface area contributed by atoms with Crippen molar-refractivity contribution in [3.8, 4) is 0 Å². The van der Waals surface area contributed by atoms with Crippen molar-refractivity contribution in [2.75, 3.05) is 39.9 Å². The second-order valence-corrected chi connectivity index (χ2v) is 7.89. The van der Waals surface area contributed by atoms with Gasteiger partial charge in [0.1, 0.15) is 4.90 Å². The Bertz CT molecular complexity index is 695. The van der Waals surface area contributed by atoms with Crippen LogP contribution in [0.4, 0.5) is 0 Å². The van der Waals surface area contributed by atoms with Gasteiger partial charge in [0.05, 0.1) is 17.2 Å². The van der Waals surface area contributed by atoms with E-state index in [1.54, 1.807) is 7.11 Å². The van der Waals surface area contributed by atoms with Gasteiger partial charge in [-0.3, -0.25) is 0 Å². The molecule has 0 bridgehead atoms. The summed E-state index contributed by atoms with van der Waals surface area (Å²) in [7, 11) is -2.21. The van der Waals surface area contributed by atoms with E-state index in [0.29, 0.717) is 13.2 Å². The molecule has 1 atom stereocenters. The number of sulfonamides is 1. The van der Waals surface area contributed by atoms with E-state index in [0.717, 1.165) is 32.1 Å². The highest BCUT2D eigenvalue weighted by Crippen LogP contribution is 2.23. The van der Waals surface area contributed by atoms with Crippen LogP contribution in [0.2, 0.25) is 5.02 Å². The molecule has 24 heavy (non-hydrogen) atoms. The van der Waals surface area contributed by atoms with Crippen molar-refractivity contribution in [3.63, 3.8) is 0 Å². The number of benzene rings is 1. The molecular formula is C15H21ClN2O5S. The van der Waals surface area contributed by atoms with Gasteiger partial charge in [0.25, 0.3) is 0 Å². The number of nitrogens with zero attached hydrogens (tertiary/aromatic N) is 1. The summed E-state index contributed by atoms with van der Waals surface area (Å²) >= 11 is 5.93. The zero-order valence-electron chi connectivity index (χ0n) is 13.4. The van der Waals surface area contributed by atoms with Crippen LogP contribution in [-0.2, 0) is 14.8 Å². The lowest BCUT2D eigenvalue weighted by molar-refractivity contribution is 0.0696. The maximum atomic E-state index is 12.4. The third-order valence-electron chi connectivity index (χ3n) is 4.01. The molecule has 0 amide bonds. The monoisotopic (exact) mass is 376 g/mol. The van der Waals surface area contributed by atoms with Crippen LogP contribution in [0.1, 0.15) is 16.8 Å². The molecule has 2 rings (SSSR count). The Hall–Kier alpha value is -1.19. The average Bonchev–Trinajstić information content (AvgIpc) is 2.99. The number of carbonyl (C=O) groups is 1. The Kier molecular flexibility index (Phi) is 6.59. The number of hydrogen-bond donors (Lipinski definition) is 2. The van der Waals surface area contributed by atoms with Crippen LogP contribution in [0.5, 0.6) is 0 Å². The Labute approximate surface area is 146 Å². The fraction of sp³-hybridized carbons (Fsp3) is 0.533. The summed E-state index contributed by atoms with van der Waals surface area (Å²) in [5.74, 6) is -0.995. The van der Waals surface area contributed by atoms with Crippen LogP contribution in [0, 0.1) is 5.92 Å². The Morgan fingerprint density at radius 2 is 2.25 bits per heavy atom. The summed E-state index contributed by atoms with van der Waals surface area (Å²) in [6.45, 7) is 3.47. The fourth-order valence-corrected chi connectivity index (χ4v) is 4.29. The number of aromatic carboxylic acids is 1. The van der Waals surface area contributed by atoms with Crippen molar-refractivity contribution in [2.24, 2.45) is 5.92 Å². The largest absolute Gasteiger partial charge is 0.478 e. The van der Waals surface area contributed by atoms with E-state index in [9.17, 15) is 13.2 Å². The topological polar surface area (TPSA) is 95.9 Å². The van der Waals surface area contributed by atoms with Crippen LogP contribution in [0.3, 0.4) is 0 Å². The molecule has 1 fully saturated rings. The number of hydrogen-bond acceptors (Lipinski definition) is 5. The molecule has 0 spiro atoms. The van der Waals surface area contributed by atoms with Gasteiger partial charge >= 0.3 is 5.97 Å². The number of ether oxygens (including phenoxy) is 1. The van der Waals surface area contributed by atoms with E-state index < -0.39 is 16.0 Å². The quantitative estimate of drug-likeness (QED) is 0.709. The molecule has 134 valence electrons. The first-order chi connectivity index (χ1) is 11.3. The summed E-state index contributed by atoms with van der Waals surface area (Å²) in [5, 5.41) is 8.99. The van der Waals surface area contributed by atoms with E-state index >= 15 is 0 Å². The van der Waals surface area contributed by atoms with E-state index in [1.165, 1.54) is 12.1 Å². The van der Waals surface area contributed by atoms with Gasteiger partial charge in [-0.05, 0) is 37.1 Å². The van der Waals surface area contributed by atoms with Gasteiger partial charge in [0, 0.05) is 26.7 Å². The molecule has 1 aliphatic rings. The number of carboxylic acids is 1. The third-order valence-corrected chi connectivity index (χ3v) is 5.92. The van der Waals surface area contributed by atoms with Gasteiger partial charge in [-0.2, -0.15) is 0 Å². The predicted octanol–water partition coefficient (Wildman–Crippen LogP) is 1.28. The molecule has 1 heterocycles. The third kappa shape index (κ3) is 4.90. The summed E-state index contributed by atoms with van der Waals surface area (Å²) in [6, 6.07) is 3.63. The summed E-state index contributed by atoms with van der Waals surface area (Å²) in [4.78, 5) is 13.0. The molecule has 0 aromatic heterocycles. The molecule has 7 nitrogen and oxygen atoms in total. The van der Waals surface area contributed by atoms with Gasteiger partial charge in [-0.1, -0.05) is 11.6 Å². The van der Waals surface area contributed by atoms with Crippen LogP contribution in [-0.4, -0.2) is 64.3 Å². The van der Waals surface area contributed by atoms with Crippen LogP contribution < -0.4 is 4.72 Å². The summed E-state index contributed by atoms with van der Waals surface area (Å²) in [5.41, 5.74) is -0.119. The van der Waals surface area contributed by atoms with Crippen molar-refractivity contribution in [1.82, 2.24) is 9.62 Å². The maximum absolute atomic E-state index is 12.4. The number of halogens is 1. The molecule has 1 aromatic carbocycles. The van der Waals surface area contributed by atoms with Gasteiger partial charge in [-0.25, -0.2) is 17.9 Å². The highest BCUT2D eigenvalue weighted by molar-refractivity contribution is 7.89. The normalized spacial score (nSPS) is 18.8. The van der Waals surface area contributed by atoms with Gasteiger partial charge in [0.15, 0.2) is 0 Å². The van der Waals surface area contributed by atoms with Crippen LogP contribution >= 0.6 is 11.6 Å². The van der Waals surface area contributed by atoms with Crippen molar-refractivity contribution in [3.05, 3.63) is 28.8 Å². The maximum Gasteiger partial charge on any atom is 0.335 e. The molecule has 9 heteroatoms. The van der Waals surface area contributed by atoms with E-state index in [2.05, 4.69) is 9.62 Å². The van der Waals surface area contributed by atoms with Gasteiger partial charge in [-0.15, -0.1) is 0 Å². The first kappa shape index (κ1) is 19.1. The molecule has 0 aliphatic carbocycles. The molecule has 1 saturated heterocycles. The highest BCUT2D eigenvalue weighted by Gasteiger charge is 2.25. The minimum absolute atomic E-state index is 0.000595. The zero-order valence-corrected chi connectivity index (χ0v) is 14.9. The average molecular weight is 377 g/mol. The zero-order chi connectivity index (χ0) is 17.7. The Balaban J connectivity index is 2.00. The van der Waals surface area contributed by atoms with Crippen LogP contribution in [0.25, 0.3) is 0 Å². The Morgan fingerprint density at radius 3 is 2.92 bits per heavy atom. The molecule has 0 radical (unpaired) electrons. The molecule has 1 aliphatic heterocycles. The minimum Gasteiger partial charge on any atom is -0.478 e. The number of nitrogens with one attached hydrogen (secondary N) is 1. The molecule has 1 aromatic rings. The summed E-state index contributed by atoms with van der Waals surface area (Å²) < 4.78 is 32.4. The van der Waals surface area contributed by atoms with E-state index in [-0.39, 0.29) is 21.4 Å². The minimum atomic E-state index is -3.86. The van der Waals surface area contributed by atoms with Crippen molar-refractivity contribution >= 4 is 27.6 Å². The number of methoxy groups -OCH3 is 1. The number of likely N-dealkylation sites (tertiary alicyclic amines) is 1. The molecule has 2 N–H and O–H groups in total. The van der Waals surface area contributed by atoms with Crippen molar-refractivity contribution < 1.29 is 23.1 Å². The van der Waals surface area contributed by atoms with E-state index in [1.807, 2.05) is 0 Å². The Morgan fingerprint density at radius 1 is 1.50 bits per heavy atom. The highest BCUT2D eigenvalue weighted by atomic mass is 35.5. The first-order valence-electron chi connectivity index (χ1n) is 7.57. The van der Waals surface area contributed by atoms with Gasteiger partial charge < -0.3 is 14.7 Å². The molecule has 0 saturated carbocycles. The lowest BCUT2D eigenvalue weighted by atomic mass is 10.1. The second-order valence-electron chi connectivity index (χ2n) is 5.75. The number of carboxylic acid groups (broad SMARTS) is 1. The molecular weight excluding hydrogens is 356 g/mol. The molecule has 1 unspecified atom stereocenters. The predicted molar refractivity (Wildman–Crippen MR) is 90.0 cm³/mol. The fourth-order valence-electron chi connectivity index (χ4n) is 2.65. The van der Waals surface area contributed by atoms with Crippen molar-refractivity contribution in [1.29, 1.82) is 0 Å². The summed E-state index contributed by atoms with van der Waals surface area (Å²) in [6.07, 6.45) is 0.898. The lowest BCUT2D eigenvalue weighted by Gasteiger charge is -2.16. The SMILES string of the molecule is COCCN1CCC(CNS(=O)(=O)c2cc(C(=O)O)ccc2Cl)C1. The van der Waals surface area contributed by atoms with E-state index in [4.69, 9.17) is 21.4 Å². The lowest BCUT2D eigenvalue weighted by Crippen LogP contribution is -2.32. The standard InChI is InChI=1S/C15H21ClN2O5S/c1-23-7-6-18-5-4-11(10-18)9-17-24(21,22)14-8-12(15(19)20)2-3-13(14)16/h2-3,8,11,17H,4-7,9-10H2,1H3,(H,19,20). The second kappa shape index (κ2) is 8.26. The van der Waals surface area contributed by atoms with Crippen LogP contribution in [0.15, 0.2) is 23.1 Å². The smallest absolute Gasteiger partial charge is 0.335 e.